The van der Waals surface area contributed by atoms with Gasteiger partial charge in [0.2, 0.25) is 0 Å². The zero-order valence-corrected chi connectivity index (χ0v) is 21.0. The molecular formula is C25H30N2O2SSe. The molecule has 0 amide bonds. The van der Waals surface area contributed by atoms with Crippen molar-refractivity contribution in [2.24, 2.45) is 9.29 Å². The summed E-state index contributed by atoms with van der Waals surface area (Å²) in [4.78, 5) is 2.44. The van der Waals surface area contributed by atoms with Crippen molar-refractivity contribution in [3.63, 3.8) is 0 Å². The molecule has 3 atom stereocenters. The van der Waals surface area contributed by atoms with E-state index in [1.165, 1.54) is 0 Å². The molecule has 0 saturated carbocycles. The molecule has 0 bridgehead atoms. The summed E-state index contributed by atoms with van der Waals surface area (Å²) in [5.74, 6) is 0.182. The molecule has 0 heterocycles. The van der Waals surface area contributed by atoms with E-state index in [9.17, 15) is 8.42 Å². The monoisotopic (exact) mass is 502 g/mol. The molecule has 0 saturated heterocycles. The van der Waals surface area contributed by atoms with Crippen molar-refractivity contribution in [3.8, 4) is 0 Å². The quantitative estimate of drug-likeness (QED) is 0.464. The van der Waals surface area contributed by atoms with Crippen molar-refractivity contribution in [2.75, 3.05) is 14.1 Å². The molecule has 0 N–H and O–H groups in total. The van der Waals surface area contributed by atoms with E-state index in [1.54, 1.807) is 12.1 Å². The summed E-state index contributed by atoms with van der Waals surface area (Å²) in [5.41, 5.74) is 2.13. The van der Waals surface area contributed by atoms with Crippen LogP contribution in [-0.2, 0) is 10.0 Å². The van der Waals surface area contributed by atoms with Crippen LogP contribution in [0.15, 0.2) is 91.6 Å². The zero-order chi connectivity index (χ0) is 22.4. The number of rotatable bonds is 8. The van der Waals surface area contributed by atoms with Gasteiger partial charge in [0.1, 0.15) is 0 Å². The van der Waals surface area contributed by atoms with Gasteiger partial charge in [0.15, 0.2) is 0 Å². The molecule has 2 aromatic rings. The molecule has 1 aliphatic rings. The number of hydrogen-bond donors (Lipinski definition) is 0. The molecule has 164 valence electrons. The second-order valence-corrected chi connectivity index (χ2v) is 13.6. The normalized spacial score (nSPS) is 18.6. The Labute approximate surface area is 190 Å². The predicted octanol–water partition coefficient (Wildman–Crippen LogP) is 5.26. The Balaban J connectivity index is 1.97. The number of sulfonamides is 1. The summed E-state index contributed by atoms with van der Waals surface area (Å²) < 4.78 is 32.0. The summed E-state index contributed by atoms with van der Waals surface area (Å²) in [6.07, 6.45) is 10.4. The molecule has 2 aromatic carbocycles. The van der Waals surface area contributed by atoms with E-state index in [0.29, 0.717) is 5.32 Å². The van der Waals surface area contributed by atoms with Gasteiger partial charge < -0.3 is 0 Å². The molecule has 1 aliphatic carbocycles. The molecule has 4 nitrogen and oxygen atoms in total. The Hall–Kier alpha value is -2.11. The Morgan fingerprint density at radius 3 is 2.42 bits per heavy atom. The van der Waals surface area contributed by atoms with Crippen molar-refractivity contribution in [1.29, 1.82) is 0 Å². The van der Waals surface area contributed by atoms with Crippen molar-refractivity contribution >= 4 is 29.8 Å². The van der Waals surface area contributed by atoms with E-state index in [0.717, 1.165) is 15.6 Å². The fourth-order valence-electron chi connectivity index (χ4n) is 3.31. The van der Waals surface area contributed by atoms with E-state index in [-0.39, 0.29) is 16.9 Å². The number of hydrogen-bond acceptors (Lipinski definition) is 3. The molecule has 3 unspecified atom stereocenters. The minimum absolute atomic E-state index is 0.182. The minimum atomic E-state index is -3.71. The van der Waals surface area contributed by atoms with Gasteiger partial charge in [-0.15, -0.1) is 0 Å². The Morgan fingerprint density at radius 2 is 1.77 bits per heavy atom. The maximum absolute atomic E-state index is 13.1. The van der Waals surface area contributed by atoms with Crippen LogP contribution in [0, 0.1) is 12.8 Å². The van der Waals surface area contributed by atoms with Crippen molar-refractivity contribution in [2.45, 2.75) is 30.1 Å². The van der Waals surface area contributed by atoms with Crippen LogP contribution >= 0.6 is 0 Å². The van der Waals surface area contributed by atoms with Gasteiger partial charge in [-0.25, -0.2) is 0 Å². The Bertz CT molecular complexity index is 1120. The molecule has 31 heavy (non-hydrogen) atoms. The maximum atomic E-state index is 13.1. The Morgan fingerprint density at radius 1 is 1.10 bits per heavy atom. The van der Waals surface area contributed by atoms with Gasteiger partial charge in [-0.3, -0.25) is 0 Å². The van der Waals surface area contributed by atoms with Crippen LogP contribution < -0.4 is 0 Å². The standard InChI is InChI=1S/C25H30N2O2SSe/c1-20-15-17-23(18-16-20)30(28,29)26-31(19-9-12-22-10-6-5-7-11-22)25-14-8-13-24(25)21(2)27(3)4/h5-18,21,24H,19H2,1-4H3/b12-9-. The van der Waals surface area contributed by atoms with E-state index in [4.69, 9.17) is 0 Å². The first-order valence-electron chi connectivity index (χ1n) is 10.3. The van der Waals surface area contributed by atoms with Gasteiger partial charge in [0.05, 0.1) is 0 Å². The summed E-state index contributed by atoms with van der Waals surface area (Å²) in [7, 11) is 0.395. The van der Waals surface area contributed by atoms with Crippen LogP contribution in [0.1, 0.15) is 18.1 Å². The zero-order valence-electron chi connectivity index (χ0n) is 18.5. The average molecular weight is 502 g/mol. The van der Waals surface area contributed by atoms with Crippen LogP contribution in [0.3, 0.4) is 0 Å². The first kappa shape index (κ1) is 23.6. The van der Waals surface area contributed by atoms with Crippen molar-refractivity contribution < 1.29 is 8.42 Å². The van der Waals surface area contributed by atoms with Crippen molar-refractivity contribution in [3.05, 3.63) is 94.5 Å². The van der Waals surface area contributed by atoms with Gasteiger partial charge in [0, 0.05) is 0 Å². The predicted molar refractivity (Wildman–Crippen MR) is 131 cm³/mol. The fourth-order valence-corrected chi connectivity index (χ4v) is 9.94. The van der Waals surface area contributed by atoms with Gasteiger partial charge in [-0.1, -0.05) is 0 Å². The van der Waals surface area contributed by atoms with Crippen LogP contribution in [0.5, 0.6) is 0 Å². The fraction of sp³-hybridized carbons (Fsp3) is 0.280. The third-order valence-corrected chi connectivity index (χ3v) is 12.1. The van der Waals surface area contributed by atoms with Crippen LogP contribution in [0.2, 0.25) is 5.32 Å². The molecular weight excluding hydrogens is 471 g/mol. The second kappa shape index (κ2) is 10.5. The van der Waals surface area contributed by atoms with Crippen LogP contribution in [0.25, 0.3) is 6.08 Å². The van der Waals surface area contributed by atoms with Crippen LogP contribution in [0.4, 0.5) is 0 Å². The van der Waals surface area contributed by atoms with E-state index < -0.39 is 23.7 Å². The third kappa shape index (κ3) is 6.20. The summed E-state index contributed by atoms with van der Waals surface area (Å²) in [6.45, 7) is 4.12. The van der Waals surface area contributed by atoms with E-state index in [1.807, 2.05) is 55.5 Å². The van der Waals surface area contributed by atoms with E-state index in [2.05, 4.69) is 53.6 Å². The summed E-state index contributed by atoms with van der Waals surface area (Å²) in [6, 6.07) is 17.3. The first-order valence-corrected chi connectivity index (χ1v) is 14.6. The number of allylic oxidation sites excluding steroid dienone is 3. The molecule has 0 spiro atoms. The first-order chi connectivity index (χ1) is 14.8. The number of benzene rings is 2. The molecule has 0 fully saturated rings. The van der Waals surface area contributed by atoms with Gasteiger partial charge >= 0.3 is 191 Å². The number of aryl methyl sites for hydroxylation is 1. The van der Waals surface area contributed by atoms with Crippen molar-refractivity contribution in [1.82, 2.24) is 4.90 Å². The van der Waals surface area contributed by atoms with Gasteiger partial charge in [0.25, 0.3) is 0 Å². The molecule has 6 heteroatoms. The average Bonchev–Trinajstić information content (AvgIpc) is 3.23. The molecule has 0 radical (unpaired) electrons. The van der Waals surface area contributed by atoms with E-state index >= 15 is 0 Å². The third-order valence-electron chi connectivity index (χ3n) is 5.38. The van der Waals surface area contributed by atoms with Gasteiger partial charge in [-0.05, 0) is 0 Å². The van der Waals surface area contributed by atoms with Crippen LogP contribution in [-0.4, -0.2) is 47.2 Å². The summed E-state index contributed by atoms with van der Waals surface area (Å²) in [5, 5.41) is 0.643. The molecule has 0 aromatic heterocycles. The molecule has 3 rings (SSSR count). The summed E-state index contributed by atoms with van der Waals surface area (Å²) >= 11 is -2.00. The Kier molecular flexibility index (Phi) is 7.95. The SMILES string of the molecule is Cc1ccc(S(=O)(=O)/N=[Se](\C/C=C\c2ccccc2)C2=CC=CC2C(C)N(C)C)cc1. The second-order valence-electron chi connectivity index (χ2n) is 7.89. The number of nitrogens with zero attached hydrogens (tertiary/aromatic N) is 2. The molecule has 0 aliphatic heterocycles. The van der Waals surface area contributed by atoms with Gasteiger partial charge in [-0.2, -0.15) is 0 Å². The topological polar surface area (TPSA) is 49.7 Å².